The fraction of sp³-hybridized carbons (Fsp3) is 0.357. The molecular formula is C14H18ClN3O. The maximum atomic E-state index is 5.97. The predicted octanol–water partition coefficient (Wildman–Crippen LogP) is 2.87. The van der Waals surface area contributed by atoms with Crippen molar-refractivity contribution < 1.29 is 4.74 Å². The molecule has 0 saturated heterocycles. The average molecular weight is 280 g/mol. The molecule has 0 unspecified atom stereocenters. The highest BCUT2D eigenvalue weighted by Gasteiger charge is 2.06. The fourth-order valence-electron chi connectivity index (χ4n) is 1.89. The Hall–Kier alpha value is -1.52. The molecule has 1 aromatic carbocycles. The zero-order valence-electron chi connectivity index (χ0n) is 11.2. The first-order valence-corrected chi connectivity index (χ1v) is 6.57. The number of hydrogen-bond donors (Lipinski definition) is 1. The molecule has 0 saturated carbocycles. The van der Waals surface area contributed by atoms with Crippen molar-refractivity contribution in [1.82, 2.24) is 9.55 Å². The Balaban J connectivity index is 2.04. The lowest BCUT2D eigenvalue weighted by atomic mass is 10.1. The molecule has 0 atom stereocenters. The van der Waals surface area contributed by atoms with Gasteiger partial charge in [0.1, 0.15) is 11.0 Å². The van der Waals surface area contributed by atoms with Crippen molar-refractivity contribution >= 4 is 17.3 Å². The molecule has 0 amide bonds. The number of para-hydroxylation sites is 1. The highest BCUT2D eigenvalue weighted by atomic mass is 35.5. The predicted molar refractivity (Wildman–Crippen MR) is 77.6 cm³/mol. The molecule has 0 radical (unpaired) electrons. The van der Waals surface area contributed by atoms with Gasteiger partial charge in [-0.3, -0.25) is 0 Å². The van der Waals surface area contributed by atoms with E-state index >= 15 is 0 Å². The van der Waals surface area contributed by atoms with Gasteiger partial charge in [-0.2, -0.15) is 0 Å². The van der Waals surface area contributed by atoms with Gasteiger partial charge in [0.2, 0.25) is 0 Å². The van der Waals surface area contributed by atoms with Crippen LogP contribution in [0.15, 0.2) is 30.5 Å². The molecule has 19 heavy (non-hydrogen) atoms. The second kappa shape index (κ2) is 6.59. The minimum atomic E-state index is 0.643. The summed E-state index contributed by atoms with van der Waals surface area (Å²) in [7, 11) is 3.62. The lowest BCUT2D eigenvalue weighted by molar-refractivity contribution is 0.202. The summed E-state index contributed by atoms with van der Waals surface area (Å²) in [5, 5.41) is 4.04. The summed E-state index contributed by atoms with van der Waals surface area (Å²) in [6.07, 6.45) is 2.55. The topological polar surface area (TPSA) is 39.1 Å². The van der Waals surface area contributed by atoms with E-state index in [1.165, 1.54) is 5.56 Å². The third-order valence-electron chi connectivity index (χ3n) is 3.06. The Bertz CT molecular complexity index is 539. The molecule has 4 nitrogen and oxygen atoms in total. The molecule has 0 spiro atoms. The molecule has 0 aliphatic carbocycles. The van der Waals surface area contributed by atoms with Crippen LogP contribution in [0, 0.1) is 0 Å². The van der Waals surface area contributed by atoms with Gasteiger partial charge in [0.25, 0.3) is 0 Å². The van der Waals surface area contributed by atoms with E-state index < -0.39 is 0 Å². The van der Waals surface area contributed by atoms with Crippen LogP contribution in [-0.4, -0.2) is 23.3 Å². The molecule has 0 bridgehead atoms. The van der Waals surface area contributed by atoms with Crippen molar-refractivity contribution in [2.75, 3.05) is 19.0 Å². The quantitative estimate of drug-likeness (QED) is 0.884. The van der Waals surface area contributed by atoms with Crippen molar-refractivity contribution in [1.29, 1.82) is 0 Å². The normalized spacial score (nSPS) is 10.7. The highest BCUT2D eigenvalue weighted by molar-refractivity contribution is 6.29. The number of imidazole rings is 1. The van der Waals surface area contributed by atoms with Crippen LogP contribution in [0.3, 0.4) is 0 Å². The van der Waals surface area contributed by atoms with Gasteiger partial charge in [-0.05, 0) is 18.1 Å². The number of rotatable bonds is 6. The van der Waals surface area contributed by atoms with Gasteiger partial charge in [0, 0.05) is 19.8 Å². The number of hydrogen-bond acceptors (Lipinski definition) is 3. The van der Waals surface area contributed by atoms with Gasteiger partial charge in [0.05, 0.1) is 19.3 Å². The second-order valence-corrected chi connectivity index (χ2v) is 4.70. The fourth-order valence-corrected chi connectivity index (χ4v) is 2.03. The smallest absolute Gasteiger partial charge is 0.128 e. The van der Waals surface area contributed by atoms with E-state index in [9.17, 15) is 0 Å². The van der Waals surface area contributed by atoms with Crippen LogP contribution in [0.4, 0.5) is 5.69 Å². The minimum absolute atomic E-state index is 0.643. The van der Waals surface area contributed by atoms with Crippen LogP contribution in [0.1, 0.15) is 11.4 Å². The molecule has 1 heterocycles. The van der Waals surface area contributed by atoms with Gasteiger partial charge in [-0.1, -0.05) is 29.8 Å². The molecule has 0 aliphatic rings. The number of nitrogens with one attached hydrogen (secondary N) is 1. The van der Waals surface area contributed by atoms with E-state index in [1.807, 2.05) is 23.7 Å². The van der Waals surface area contributed by atoms with E-state index in [0.29, 0.717) is 18.3 Å². The number of aromatic nitrogens is 2. The molecular weight excluding hydrogens is 262 g/mol. The Kier molecular flexibility index (Phi) is 4.82. The summed E-state index contributed by atoms with van der Waals surface area (Å²) in [6.45, 7) is 1.36. The summed E-state index contributed by atoms with van der Waals surface area (Å²) in [5.74, 6) is 0.909. The number of halogens is 1. The van der Waals surface area contributed by atoms with Crippen molar-refractivity contribution in [3.63, 3.8) is 0 Å². The number of anilines is 1. The van der Waals surface area contributed by atoms with Crippen molar-refractivity contribution in [2.45, 2.75) is 13.0 Å². The Labute approximate surface area is 118 Å². The molecule has 2 rings (SSSR count). The van der Waals surface area contributed by atoms with Gasteiger partial charge < -0.3 is 14.6 Å². The average Bonchev–Trinajstić information content (AvgIpc) is 2.75. The van der Waals surface area contributed by atoms with Gasteiger partial charge in [-0.25, -0.2) is 4.98 Å². The first kappa shape index (κ1) is 13.9. The highest BCUT2D eigenvalue weighted by Crippen LogP contribution is 2.17. The molecule has 2 aromatic rings. The first-order valence-electron chi connectivity index (χ1n) is 6.19. The maximum absolute atomic E-state index is 5.97. The third-order valence-corrected chi connectivity index (χ3v) is 3.41. The Morgan fingerprint density at radius 3 is 2.84 bits per heavy atom. The van der Waals surface area contributed by atoms with Crippen LogP contribution in [0.5, 0.6) is 0 Å². The van der Waals surface area contributed by atoms with Crippen molar-refractivity contribution in [3.05, 3.63) is 47.0 Å². The summed E-state index contributed by atoms with van der Waals surface area (Å²) < 4.78 is 6.99. The van der Waals surface area contributed by atoms with E-state index in [4.69, 9.17) is 16.3 Å². The standard InChI is InChI=1S/C14H18ClN3O/c1-18-13(15)9-17-14(18)10-16-12-6-4-3-5-11(12)7-8-19-2/h3-6,9,16H,7-8,10H2,1-2H3. The van der Waals surface area contributed by atoms with Crippen LogP contribution in [0.25, 0.3) is 0 Å². The summed E-state index contributed by atoms with van der Waals surface area (Å²) in [6, 6.07) is 8.22. The molecule has 1 N–H and O–H groups in total. The molecule has 0 aliphatic heterocycles. The van der Waals surface area contributed by atoms with E-state index in [-0.39, 0.29) is 0 Å². The van der Waals surface area contributed by atoms with E-state index in [1.54, 1.807) is 13.3 Å². The zero-order chi connectivity index (χ0) is 13.7. The lowest BCUT2D eigenvalue weighted by Gasteiger charge is -2.11. The van der Waals surface area contributed by atoms with Gasteiger partial charge in [-0.15, -0.1) is 0 Å². The largest absolute Gasteiger partial charge is 0.384 e. The Morgan fingerprint density at radius 2 is 2.16 bits per heavy atom. The monoisotopic (exact) mass is 279 g/mol. The van der Waals surface area contributed by atoms with Crippen LogP contribution in [-0.2, 0) is 24.8 Å². The molecule has 5 heteroatoms. The Morgan fingerprint density at radius 1 is 1.37 bits per heavy atom. The summed E-state index contributed by atoms with van der Waals surface area (Å²) in [5.41, 5.74) is 2.35. The lowest BCUT2D eigenvalue weighted by Crippen LogP contribution is -2.08. The summed E-state index contributed by atoms with van der Waals surface area (Å²) >= 11 is 5.97. The van der Waals surface area contributed by atoms with E-state index in [0.717, 1.165) is 17.9 Å². The number of methoxy groups -OCH3 is 1. The third kappa shape index (κ3) is 3.49. The van der Waals surface area contributed by atoms with Gasteiger partial charge >= 0.3 is 0 Å². The van der Waals surface area contributed by atoms with Gasteiger partial charge in [0.15, 0.2) is 0 Å². The SMILES string of the molecule is COCCc1ccccc1NCc1ncc(Cl)n1C. The van der Waals surface area contributed by atoms with Crippen molar-refractivity contribution in [2.24, 2.45) is 7.05 Å². The maximum Gasteiger partial charge on any atom is 0.128 e. The molecule has 102 valence electrons. The van der Waals surface area contributed by atoms with E-state index in [2.05, 4.69) is 22.4 Å². The number of benzene rings is 1. The number of nitrogens with zero attached hydrogens (tertiary/aromatic N) is 2. The minimum Gasteiger partial charge on any atom is -0.384 e. The van der Waals surface area contributed by atoms with Crippen LogP contribution < -0.4 is 5.32 Å². The first-order chi connectivity index (χ1) is 9.22. The van der Waals surface area contributed by atoms with Crippen LogP contribution in [0.2, 0.25) is 5.15 Å². The second-order valence-electron chi connectivity index (χ2n) is 4.31. The number of ether oxygens (including phenoxy) is 1. The summed E-state index contributed by atoms with van der Waals surface area (Å²) in [4.78, 5) is 4.27. The molecule has 1 aromatic heterocycles. The zero-order valence-corrected chi connectivity index (χ0v) is 11.9. The molecule has 0 fully saturated rings. The van der Waals surface area contributed by atoms with Crippen molar-refractivity contribution in [3.8, 4) is 0 Å². The van der Waals surface area contributed by atoms with Crippen LogP contribution >= 0.6 is 11.6 Å².